The van der Waals surface area contributed by atoms with E-state index in [2.05, 4.69) is 11.9 Å². The van der Waals surface area contributed by atoms with Crippen molar-refractivity contribution in [3.05, 3.63) is 65.0 Å². The van der Waals surface area contributed by atoms with Crippen molar-refractivity contribution in [2.45, 2.75) is 44.7 Å². The second kappa shape index (κ2) is 7.12. The summed E-state index contributed by atoms with van der Waals surface area (Å²) in [6.07, 6.45) is 2.86. The van der Waals surface area contributed by atoms with Crippen LogP contribution in [0.3, 0.4) is 0 Å². The number of hydrogen-bond acceptors (Lipinski definition) is 3. The molecule has 1 aromatic heterocycles. The molecule has 0 N–H and O–H groups in total. The SMILES string of the molecule is CCC(C(=O)N(Cc1nc2cc(Cl)ccc2o1)C1CC1)c1ccccc1. The molecule has 4 rings (SSSR count). The zero-order valence-electron chi connectivity index (χ0n) is 14.7. The van der Waals surface area contributed by atoms with Gasteiger partial charge in [0.2, 0.25) is 11.8 Å². The molecule has 0 bridgehead atoms. The monoisotopic (exact) mass is 368 g/mol. The first-order valence-corrected chi connectivity index (χ1v) is 9.44. The highest BCUT2D eigenvalue weighted by Crippen LogP contribution is 2.33. The number of hydrogen-bond donors (Lipinski definition) is 0. The predicted molar refractivity (Wildman–Crippen MR) is 102 cm³/mol. The first-order valence-electron chi connectivity index (χ1n) is 9.06. The van der Waals surface area contributed by atoms with Gasteiger partial charge in [0.1, 0.15) is 5.52 Å². The van der Waals surface area contributed by atoms with Crippen molar-refractivity contribution < 1.29 is 9.21 Å². The third kappa shape index (κ3) is 3.47. The van der Waals surface area contributed by atoms with E-state index >= 15 is 0 Å². The maximum absolute atomic E-state index is 13.3. The number of carbonyl (C=O) groups is 1. The zero-order chi connectivity index (χ0) is 18.1. The summed E-state index contributed by atoms with van der Waals surface area (Å²) in [5.41, 5.74) is 2.49. The molecule has 5 heteroatoms. The van der Waals surface area contributed by atoms with Crippen LogP contribution in [0.5, 0.6) is 0 Å². The standard InChI is InChI=1S/C21H21ClN2O2/c1-2-17(14-6-4-3-5-7-14)21(25)24(16-9-10-16)13-20-23-18-12-15(22)8-11-19(18)26-20/h3-8,11-12,16-17H,2,9-10,13H2,1H3. The molecule has 0 spiro atoms. The Bertz CT molecular complexity index is 918. The van der Waals surface area contributed by atoms with Crippen molar-refractivity contribution >= 4 is 28.6 Å². The fourth-order valence-electron chi connectivity index (χ4n) is 3.37. The van der Waals surface area contributed by atoms with Gasteiger partial charge in [-0.05, 0) is 43.0 Å². The number of oxazole rings is 1. The van der Waals surface area contributed by atoms with E-state index in [1.165, 1.54) is 0 Å². The number of halogens is 1. The van der Waals surface area contributed by atoms with Gasteiger partial charge in [-0.3, -0.25) is 4.79 Å². The van der Waals surface area contributed by atoms with Crippen LogP contribution in [-0.4, -0.2) is 21.8 Å². The van der Waals surface area contributed by atoms with Gasteiger partial charge in [0, 0.05) is 11.1 Å². The van der Waals surface area contributed by atoms with Crippen LogP contribution in [0, 0.1) is 0 Å². The smallest absolute Gasteiger partial charge is 0.230 e. The first kappa shape index (κ1) is 17.1. The number of amides is 1. The van der Waals surface area contributed by atoms with E-state index in [1.807, 2.05) is 41.3 Å². The van der Waals surface area contributed by atoms with Crippen molar-refractivity contribution in [3.63, 3.8) is 0 Å². The molecule has 134 valence electrons. The van der Waals surface area contributed by atoms with Crippen LogP contribution in [0.25, 0.3) is 11.1 Å². The van der Waals surface area contributed by atoms with E-state index in [0.29, 0.717) is 29.1 Å². The Morgan fingerprint density at radius 1 is 1.27 bits per heavy atom. The van der Waals surface area contributed by atoms with E-state index in [-0.39, 0.29) is 11.8 Å². The Hall–Kier alpha value is -2.33. The van der Waals surface area contributed by atoms with E-state index in [0.717, 1.165) is 30.3 Å². The summed E-state index contributed by atoms with van der Waals surface area (Å²) in [4.78, 5) is 19.7. The van der Waals surface area contributed by atoms with E-state index < -0.39 is 0 Å². The molecule has 1 heterocycles. The average molecular weight is 369 g/mol. The maximum atomic E-state index is 13.3. The first-order chi connectivity index (χ1) is 12.7. The molecule has 0 aliphatic heterocycles. The molecule has 0 saturated heterocycles. The van der Waals surface area contributed by atoms with Crippen LogP contribution >= 0.6 is 11.6 Å². The molecular formula is C21H21ClN2O2. The predicted octanol–water partition coefficient (Wildman–Crippen LogP) is 5.17. The third-order valence-electron chi connectivity index (χ3n) is 4.88. The molecule has 0 radical (unpaired) electrons. The molecule has 26 heavy (non-hydrogen) atoms. The highest BCUT2D eigenvalue weighted by molar-refractivity contribution is 6.31. The van der Waals surface area contributed by atoms with E-state index in [9.17, 15) is 4.79 Å². The lowest BCUT2D eigenvalue weighted by atomic mass is 9.95. The van der Waals surface area contributed by atoms with Crippen molar-refractivity contribution in [1.82, 2.24) is 9.88 Å². The summed E-state index contributed by atoms with van der Waals surface area (Å²) in [5.74, 6) is 0.586. The summed E-state index contributed by atoms with van der Waals surface area (Å²) in [6, 6.07) is 15.7. The molecule has 4 nitrogen and oxygen atoms in total. The van der Waals surface area contributed by atoms with Gasteiger partial charge in [-0.25, -0.2) is 4.98 Å². The lowest BCUT2D eigenvalue weighted by molar-refractivity contribution is -0.134. The second-order valence-corrected chi connectivity index (χ2v) is 7.22. The van der Waals surface area contributed by atoms with Gasteiger partial charge >= 0.3 is 0 Å². The van der Waals surface area contributed by atoms with Gasteiger partial charge in [-0.15, -0.1) is 0 Å². The minimum absolute atomic E-state index is 0.129. The molecule has 1 fully saturated rings. The lowest BCUT2D eigenvalue weighted by Gasteiger charge is -2.26. The normalized spacial score (nSPS) is 15.2. The topological polar surface area (TPSA) is 46.3 Å². The van der Waals surface area contributed by atoms with Crippen molar-refractivity contribution in [2.75, 3.05) is 0 Å². The Kier molecular flexibility index (Phi) is 4.68. The van der Waals surface area contributed by atoms with Crippen molar-refractivity contribution in [1.29, 1.82) is 0 Å². The molecular weight excluding hydrogens is 348 g/mol. The van der Waals surface area contributed by atoms with Crippen LogP contribution in [-0.2, 0) is 11.3 Å². The summed E-state index contributed by atoms with van der Waals surface area (Å²) in [5, 5.41) is 0.627. The van der Waals surface area contributed by atoms with Crippen molar-refractivity contribution in [2.24, 2.45) is 0 Å². The van der Waals surface area contributed by atoms with Gasteiger partial charge in [0.15, 0.2) is 5.58 Å². The van der Waals surface area contributed by atoms with Crippen LogP contribution in [0.2, 0.25) is 5.02 Å². The zero-order valence-corrected chi connectivity index (χ0v) is 15.4. The van der Waals surface area contributed by atoms with Crippen LogP contribution in [0.4, 0.5) is 0 Å². The number of nitrogens with zero attached hydrogens (tertiary/aromatic N) is 2. The molecule has 1 unspecified atom stereocenters. The summed E-state index contributed by atoms with van der Waals surface area (Å²) < 4.78 is 5.84. The number of fused-ring (bicyclic) bond motifs is 1. The van der Waals surface area contributed by atoms with Gasteiger partial charge in [-0.2, -0.15) is 0 Å². The second-order valence-electron chi connectivity index (χ2n) is 6.79. The van der Waals surface area contributed by atoms with E-state index in [1.54, 1.807) is 12.1 Å². The minimum atomic E-state index is -0.129. The maximum Gasteiger partial charge on any atom is 0.230 e. The number of benzene rings is 2. The average Bonchev–Trinajstić information content (AvgIpc) is 3.41. The third-order valence-corrected chi connectivity index (χ3v) is 5.11. The Labute approximate surface area is 157 Å². The number of carbonyl (C=O) groups excluding carboxylic acids is 1. The molecule has 1 aliphatic carbocycles. The Balaban J connectivity index is 1.59. The molecule has 1 amide bonds. The van der Waals surface area contributed by atoms with Gasteiger partial charge in [0.05, 0.1) is 12.5 Å². The summed E-state index contributed by atoms with van der Waals surface area (Å²) in [7, 11) is 0. The van der Waals surface area contributed by atoms with Crippen LogP contribution < -0.4 is 0 Å². The number of aromatic nitrogens is 1. The largest absolute Gasteiger partial charge is 0.439 e. The quantitative estimate of drug-likeness (QED) is 0.603. The van der Waals surface area contributed by atoms with Gasteiger partial charge in [0.25, 0.3) is 0 Å². The van der Waals surface area contributed by atoms with Crippen molar-refractivity contribution in [3.8, 4) is 0 Å². The highest BCUT2D eigenvalue weighted by Gasteiger charge is 2.36. The van der Waals surface area contributed by atoms with Crippen LogP contribution in [0.1, 0.15) is 43.6 Å². The molecule has 3 aromatic rings. The van der Waals surface area contributed by atoms with E-state index in [4.69, 9.17) is 16.0 Å². The molecule has 1 aliphatic rings. The minimum Gasteiger partial charge on any atom is -0.439 e. The molecule has 1 atom stereocenters. The molecule has 1 saturated carbocycles. The van der Waals surface area contributed by atoms with Gasteiger partial charge in [-0.1, -0.05) is 48.9 Å². The summed E-state index contributed by atoms with van der Waals surface area (Å²) >= 11 is 6.03. The summed E-state index contributed by atoms with van der Waals surface area (Å²) in [6.45, 7) is 2.46. The molecule has 2 aromatic carbocycles. The Morgan fingerprint density at radius 3 is 2.73 bits per heavy atom. The Morgan fingerprint density at radius 2 is 2.04 bits per heavy atom. The fraction of sp³-hybridized carbons (Fsp3) is 0.333. The lowest BCUT2D eigenvalue weighted by Crippen LogP contribution is -2.36. The van der Waals surface area contributed by atoms with Crippen LogP contribution in [0.15, 0.2) is 52.9 Å². The highest BCUT2D eigenvalue weighted by atomic mass is 35.5. The number of rotatable bonds is 6. The fourth-order valence-corrected chi connectivity index (χ4v) is 3.54. The van der Waals surface area contributed by atoms with Gasteiger partial charge < -0.3 is 9.32 Å².